The Kier molecular flexibility index (Phi) is 15.5. The fourth-order valence-electron chi connectivity index (χ4n) is 12.4. The number of hydrogen-bond acceptors (Lipinski definition) is 12. The van der Waals surface area contributed by atoms with Gasteiger partial charge in [0.25, 0.3) is 0 Å². The topological polar surface area (TPSA) is 144 Å². The molecule has 19 heteroatoms. The van der Waals surface area contributed by atoms with Gasteiger partial charge in [-0.05, 0) is 183 Å². The zero-order chi connectivity index (χ0) is 58.7. The highest BCUT2D eigenvalue weighted by Crippen LogP contribution is 2.64. The standard InChI is InChI=1S/C31H39ClFN3O4.C30H36BrClFN3O4/c1-17-15-34-21-12-19-22(35(8)28(38)40-30(5,6)7)13-20(33)26(32)24(19)25(21)27(17)36-10-9-31(16-36)14-18(31)11-23(37)39-29(2,3)4;1-28(2,3)39-22(37)10-16-13-30(16)8-9-36(15-30)26-18(31)14-34-20-11-17-21(35(7)27(38)40-29(4,5)6)12-19(33)25(32)23(17)24(20)26/h13,15,18H,9-12,14,16H2,1-8H3;12,14,16H,8-11,13,15H2,1-7H3/t18-,31+;16-,30+/m10/s1. The van der Waals surface area contributed by atoms with Gasteiger partial charge in [-0.25, -0.2) is 18.4 Å². The van der Waals surface area contributed by atoms with Crippen molar-refractivity contribution in [3.63, 3.8) is 0 Å². The Morgan fingerprint density at radius 3 is 1.40 bits per heavy atom. The molecule has 0 radical (unpaired) electrons. The van der Waals surface area contributed by atoms with E-state index in [1.165, 1.54) is 21.9 Å². The van der Waals surface area contributed by atoms with E-state index >= 15 is 8.78 Å². The van der Waals surface area contributed by atoms with Crippen molar-refractivity contribution in [3.8, 4) is 22.3 Å². The third-order valence-electron chi connectivity index (χ3n) is 16.0. The second-order valence-electron chi connectivity index (χ2n) is 26.9. The second-order valence-corrected chi connectivity index (χ2v) is 28.5. The van der Waals surface area contributed by atoms with Crippen LogP contribution in [0.15, 0.2) is 29.0 Å². The summed E-state index contributed by atoms with van der Waals surface area (Å²) in [6.07, 6.45) is 8.09. The molecule has 2 saturated carbocycles. The number of hydrogen-bond donors (Lipinski definition) is 0. The summed E-state index contributed by atoms with van der Waals surface area (Å²) in [5.74, 6) is -0.928. The highest BCUT2D eigenvalue weighted by Gasteiger charge is 2.60. The van der Waals surface area contributed by atoms with Gasteiger partial charge in [-0.3, -0.25) is 29.4 Å². The number of fused-ring (bicyclic) bond motifs is 6. The molecule has 432 valence electrons. The molecule has 2 spiro atoms. The van der Waals surface area contributed by atoms with Crippen LogP contribution >= 0.6 is 39.1 Å². The zero-order valence-electron chi connectivity index (χ0n) is 48.8. The third-order valence-corrected chi connectivity index (χ3v) is 17.4. The van der Waals surface area contributed by atoms with Gasteiger partial charge in [-0.1, -0.05) is 23.2 Å². The van der Waals surface area contributed by atoms with E-state index in [4.69, 9.17) is 47.1 Å². The van der Waals surface area contributed by atoms with Gasteiger partial charge in [0, 0.05) is 101 Å². The van der Waals surface area contributed by atoms with Crippen molar-refractivity contribution in [1.29, 1.82) is 0 Å². The fraction of sp³-hybridized carbons (Fsp3) is 0.574. The van der Waals surface area contributed by atoms with Gasteiger partial charge in [0.15, 0.2) is 0 Å². The summed E-state index contributed by atoms with van der Waals surface area (Å²) in [4.78, 5) is 67.5. The average Bonchev–Trinajstić information content (AvgIpc) is 3.88. The normalized spacial score (nSPS) is 21.4. The van der Waals surface area contributed by atoms with Gasteiger partial charge in [0.2, 0.25) is 0 Å². The molecule has 0 bridgehead atoms. The first kappa shape index (κ1) is 59.4. The van der Waals surface area contributed by atoms with Crippen LogP contribution in [0.4, 0.5) is 41.1 Å². The van der Waals surface area contributed by atoms with Crippen molar-refractivity contribution in [1.82, 2.24) is 9.97 Å². The Morgan fingerprint density at radius 2 is 1.00 bits per heavy atom. The zero-order valence-corrected chi connectivity index (χ0v) is 51.9. The van der Waals surface area contributed by atoms with Crippen molar-refractivity contribution in [2.75, 3.05) is 59.9 Å². The lowest BCUT2D eigenvalue weighted by Gasteiger charge is -2.27. The van der Waals surface area contributed by atoms with E-state index in [1.54, 1.807) is 61.8 Å². The molecule has 4 aliphatic carbocycles. The number of pyridine rings is 2. The summed E-state index contributed by atoms with van der Waals surface area (Å²) in [7, 11) is 3.16. The summed E-state index contributed by atoms with van der Waals surface area (Å²) >= 11 is 17.0. The lowest BCUT2D eigenvalue weighted by atomic mass is 10.00. The minimum atomic E-state index is -0.697. The fourth-order valence-corrected chi connectivity index (χ4v) is 13.5. The molecule has 4 heterocycles. The predicted octanol–water partition coefficient (Wildman–Crippen LogP) is 14.6. The number of amides is 2. The number of benzene rings is 2. The first-order valence-electron chi connectivity index (χ1n) is 27.5. The number of nitrogens with zero attached hydrogens (tertiary/aromatic N) is 6. The largest absolute Gasteiger partial charge is 0.460 e. The maximum absolute atomic E-state index is 15.3. The van der Waals surface area contributed by atoms with Crippen LogP contribution in [0.2, 0.25) is 10.0 Å². The molecule has 80 heavy (non-hydrogen) atoms. The number of halogens is 5. The van der Waals surface area contributed by atoms with Crippen LogP contribution in [0, 0.1) is 41.2 Å². The van der Waals surface area contributed by atoms with Crippen LogP contribution in [-0.2, 0) is 41.4 Å². The van der Waals surface area contributed by atoms with Gasteiger partial charge < -0.3 is 28.7 Å². The highest BCUT2D eigenvalue weighted by atomic mass is 79.9. The smallest absolute Gasteiger partial charge is 0.414 e. The molecule has 14 nitrogen and oxygen atoms in total. The van der Waals surface area contributed by atoms with Crippen LogP contribution in [-0.4, -0.2) is 96.8 Å². The van der Waals surface area contributed by atoms with Gasteiger partial charge >= 0.3 is 24.1 Å². The Morgan fingerprint density at radius 1 is 0.625 bits per heavy atom. The number of carbonyl (C=O) groups excluding carboxylic acids is 4. The number of ether oxygens (including phenoxy) is 4. The van der Waals surface area contributed by atoms with Gasteiger partial charge in [0.05, 0.1) is 48.7 Å². The molecule has 6 aliphatic rings. The quantitative estimate of drug-likeness (QED) is 0.106. The van der Waals surface area contributed by atoms with Crippen LogP contribution < -0.4 is 19.6 Å². The van der Waals surface area contributed by atoms with E-state index in [0.29, 0.717) is 54.1 Å². The molecule has 4 fully saturated rings. The molecule has 2 aromatic heterocycles. The number of anilines is 4. The van der Waals surface area contributed by atoms with E-state index in [1.807, 2.05) is 54.7 Å². The van der Waals surface area contributed by atoms with E-state index < -0.39 is 46.2 Å². The summed E-state index contributed by atoms with van der Waals surface area (Å²) in [5, 5.41) is 0.0475. The minimum Gasteiger partial charge on any atom is -0.460 e. The number of aromatic nitrogens is 2. The van der Waals surface area contributed by atoms with Gasteiger partial charge in [0.1, 0.15) is 34.0 Å². The van der Waals surface area contributed by atoms with Crippen molar-refractivity contribution >= 4 is 86.0 Å². The van der Waals surface area contributed by atoms with E-state index in [-0.39, 0.29) is 38.7 Å². The number of rotatable bonds is 8. The van der Waals surface area contributed by atoms with Crippen LogP contribution in [0.25, 0.3) is 22.3 Å². The molecule has 0 unspecified atom stereocenters. The van der Waals surface area contributed by atoms with Crippen molar-refractivity contribution < 1.29 is 46.9 Å². The molecular weight excluding hydrogens is 1130 g/mol. The van der Waals surface area contributed by atoms with Crippen molar-refractivity contribution in [2.24, 2.45) is 22.7 Å². The monoisotopic (exact) mass is 1210 g/mol. The first-order valence-corrected chi connectivity index (χ1v) is 29.1. The summed E-state index contributed by atoms with van der Waals surface area (Å²) in [5.41, 5.74) is 7.35. The van der Waals surface area contributed by atoms with E-state index in [9.17, 15) is 19.2 Å². The lowest BCUT2D eigenvalue weighted by Crippen LogP contribution is -2.34. The molecule has 0 N–H and O–H groups in total. The second kappa shape index (κ2) is 20.9. The van der Waals surface area contributed by atoms with E-state index in [2.05, 4.69) is 30.7 Å². The van der Waals surface area contributed by atoms with Crippen molar-refractivity contribution in [2.45, 2.75) is 164 Å². The van der Waals surface area contributed by atoms with E-state index in [0.717, 1.165) is 107 Å². The van der Waals surface area contributed by atoms with Crippen molar-refractivity contribution in [3.05, 3.63) is 78.8 Å². The molecule has 4 atom stereocenters. The van der Waals surface area contributed by atoms with Gasteiger partial charge in [-0.15, -0.1) is 0 Å². The Labute approximate surface area is 487 Å². The van der Waals surface area contributed by atoms with Gasteiger partial charge in [-0.2, -0.15) is 0 Å². The third kappa shape index (κ3) is 12.0. The maximum Gasteiger partial charge on any atom is 0.414 e. The van der Waals surface area contributed by atoms with Crippen LogP contribution in [0.3, 0.4) is 0 Å². The molecule has 2 amide bonds. The molecular formula is C61H75BrCl2F2N6O8. The number of esters is 2. The van der Waals surface area contributed by atoms with Crippen LogP contribution in [0.5, 0.6) is 0 Å². The highest BCUT2D eigenvalue weighted by molar-refractivity contribution is 9.10. The number of carbonyl (C=O) groups is 4. The molecule has 4 aromatic rings. The predicted molar refractivity (Wildman–Crippen MR) is 312 cm³/mol. The summed E-state index contributed by atoms with van der Waals surface area (Å²) in [6, 6.07) is 2.60. The molecule has 2 saturated heterocycles. The van der Waals surface area contributed by atoms with Crippen LogP contribution in [0.1, 0.15) is 150 Å². The Bertz CT molecular complexity index is 3010. The maximum atomic E-state index is 15.3. The average molecular weight is 1210 g/mol. The summed E-state index contributed by atoms with van der Waals surface area (Å²) < 4.78 is 53.7. The molecule has 2 aromatic carbocycles. The first-order chi connectivity index (χ1) is 37.0. The lowest BCUT2D eigenvalue weighted by molar-refractivity contribution is -0.156. The SMILES string of the molecule is CN(C(=O)OC(C)(C)C)c1cc(F)c(Cl)c2c1Cc1ncc(Br)c(N3CC[C@@]4(C[C@@H]4CC(=O)OC(C)(C)C)C3)c1-2.Cc1cnc2c(c1N1CC[C@]3(C[C@H]3CC(=O)OC(C)(C)C)C1)-c1c(Cl)c(F)cc(N(C)C(=O)OC(C)(C)C)c1C2. The minimum absolute atomic E-state index is 0.0133. The molecule has 10 rings (SSSR count). The Balaban J connectivity index is 0.000000194. The Hall–Kier alpha value is -5.26. The number of aryl methyl sites for hydroxylation is 1. The summed E-state index contributed by atoms with van der Waals surface area (Å²) in [6.45, 7) is 27.3. The molecule has 2 aliphatic heterocycles.